The Labute approximate surface area is 86.4 Å². The molecule has 0 bridgehead atoms. The molecule has 2 N–H and O–H groups in total. The lowest BCUT2D eigenvalue weighted by atomic mass is 10.0. The number of nitrogens with zero attached hydrogens (tertiary/aromatic N) is 1. The molecule has 0 rings (SSSR count). The minimum atomic E-state index is -0.417. The van der Waals surface area contributed by atoms with Crippen LogP contribution in [0.4, 0.5) is 0 Å². The van der Waals surface area contributed by atoms with Gasteiger partial charge in [-0.1, -0.05) is 13.8 Å². The van der Waals surface area contributed by atoms with Crippen molar-refractivity contribution in [1.82, 2.24) is 4.90 Å². The normalized spacial score (nSPS) is 15.4. The highest BCUT2D eigenvalue weighted by molar-refractivity contribution is 5.81. The Morgan fingerprint density at radius 1 is 1.43 bits per heavy atom. The van der Waals surface area contributed by atoms with Crippen molar-refractivity contribution in [2.24, 2.45) is 11.7 Å². The van der Waals surface area contributed by atoms with Crippen LogP contribution >= 0.6 is 0 Å². The highest BCUT2D eigenvalue weighted by Gasteiger charge is 2.23. The van der Waals surface area contributed by atoms with Gasteiger partial charge in [-0.05, 0) is 12.8 Å². The van der Waals surface area contributed by atoms with Gasteiger partial charge >= 0.3 is 0 Å². The monoisotopic (exact) mass is 202 g/mol. The van der Waals surface area contributed by atoms with E-state index in [1.807, 2.05) is 20.8 Å². The van der Waals surface area contributed by atoms with Gasteiger partial charge in [0.05, 0.1) is 18.7 Å². The molecule has 0 aromatic rings. The minimum Gasteiger partial charge on any atom is -0.383 e. The molecule has 0 saturated carbocycles. The Bertz CT molecular complexity index is 183. The quantitative estimate of drug-likeness (QED) is 0.705. The third kappa shape index (κ3) is 3.64. The van der Waals surface area contributed by atoms with Crippen molar-refractivity contribution in [3.63, 3.8) is 0 Å². The number of amides is 1. The zero-order chi connectivity index (χ0) is 11.3. The molecular weight excluding hydrogens is 180 g/mol. The molecule has 14 heavy (non-hydrogen) atoms. The number of carbonyl (C=O) groups is 1. The van der Waals surface area contributed by atoms with E-state index in [-0.39, 0.29) is 17.9 Å². The first-order valence-corrected chi connectivity index (χ1v) is 4.93. The van der Waals surface area contributed by atoms with Gasteiger partial charge in [-0.25, -0.2) is 0 Å². The molecule has 0 aromatic heterocycles. The summed E-state index contributed by atoms with van der Waals surface area (Å²) in [6, 6.07) is -0.350. The highest BCUT2D eigenvalue weighted by atomic mass is 16.5. The van der Waals surface area contributed by atoms with Crippen LogP contribution in [0.3, 0.4) is 0 Å². The number of methoxy groups -OCH3 is 1. The maximum absolute atomic E-state index is 11.7. The summed E-state index contributed by atoms with van der Waals surface area (Å²) in [6.07, 6.45) is 0. The first-order chi connectivity index (χ1) is 6.41. The summed E-state index contributed by atoms with van der Waals surface area (Å²) in [4.78, 5) is 13.4. The van der Waals surface area contributed by atoms with E-state index < -0.39 is 6.04 Å². The summed E-state index contributed by atoms with van der Waals surface area (Å²) in [6.45, 7) is 6.36. The maximum atomic E-state index is 11.7. The third-order valence-corrected chi connectivity index (χ3v) is 2.42. The number of hydrogen-bond acceptors (Lipinski definition) is 3. The van der Waals surface area contributed by atoms with E-state index in [1.54, 1.807) is 19.1 Å². The maximum Gasteiger partial charge on any atom is 0.239 e. The SMILES string of the molecule is COCC(C)N(C)C(=O)[C@@H](N)C(C)C. The Morgan fingerprint density at radius 2 is 1.93 bits per heavy atom. The second kappa shape index (κ2) is 5.98. The van der Waals surface area contributed by atoms with Crippen LogP contribution in [0.5, 0.6) is 0 Å². The summed E-state index contributed by atoms with van der Waals surface area (Å²) in [5.41, 5.74) is 5.76. The van der Waals surface area contributed by atoms with Crippen LogP contribution in [-0.4, -0.2) is 43.7 Å². The Morgan fingerprint density at radius 3 is 2.29 bits per heavy atom. The molecule has 1 unspecified atom stereocenters. The van der Waals surface area contributed by atoms with Crippen molar-refractivity contribution >= 4 is 5.91 Å². The van der Waals surface area contributed by atoms with Gasteiger partial charge in [0.1, 0.15) is 0 Å². The first-order valence-electron chi connectivity index (χ1n) is 4.93. The molecule has 4 heteroatoms. The number of carbonyl (C=O) groups excluding carboxylic acids is 1. The number of ether oxygens (including phenoxy) is 1. The molecule has 0 spiro atoms. The highest BCUT2D eigenvalue weighted by Crippen LogP contribution is 2.05. The molecule has 0 heterocycles. The predicted octanol–water partition coefficient (Wildman–Crippen LogP) is 0.463. The van der Waals surface area contributed by atoms with Crippen molar-refractivity contribution in [3.8, 4) is 0 Å². The summed E-state index contributed by atoms with van der Waals surface area (Å²) >= 11 is 0. The van der Waals surface area contributed by atoms with Crippen molar-refractivity contribution < 1.29 is 9.53 Å². The molecule has 2 atom stereocenters. The second-order valence-electron chi connectivity index (χ2n) is 4.02. The van der Waals surface area contributed by atoms with Gasteiger partial charge in [-0.2, -0.15) is 0 Å². The second-order valence-corrected chi connectivity index (χ2v) is 4.02. The van der Waals surface area contributed by atoms with E-state index in [4.69, 9.17) is 10.5 Å². The number of rotatable bonds is 5. The number of likely N-dealkylation sites (N-methyl/N-ethyl adjacent to an activating group) is 1. The van der Waals surface area contributed by atoms with E-state index in [9.17, 15) is 4.79 Å². The van der Waals surface area contributed by atoms with E-state index in [2.05, 4.69) is 0 Å². The number of nitrogens with two attached hydrogens (primary N) is 1. The molecule has 0 aliphatic carbocycles. The standard InChI is InChI=1S/C10H22N2O2/c1-7(2)9(11)10(13)12(4)8(3)6-14-5/h7-9H,6,11H2,1-5H3/t8?,9-/m0/s1. The smallest absolute Gasteiger partial charge is 0.239 e. The van der Waals surface area contributed by atoms with Crippen LogP contribution < -0.4 is 5.73 Å². The van der Waals surface area contributed by atoms with Crippen LogP contribution in [0.2, 0.25) is 0 Å². The molecule has 0 saturated heterocycles. The first kappa shape index (κ1) is 13.4. The lowest BCUT2D eigenvalue weighted by molar-refractivity contribution is -0.134. The minimum absolute atomic E-state index is 0.0236. The van der Waals surface area contributed by atoms with Crippen LogP contribution in [-0.2, 0) is 9.53 Å². The van der Waals surface area contributed by atoms with Crippen molar-refractivity contribution in [2.45, 2.75) is 32.9 Å². The van der Waals surface area contributed by atoms with Gasteiger partial charge in [0.15, 0.2) is 0 Å². The zero-order valence-electron chi connectivity index (χ0n) is 9.78. The number of hydrogen-bond donors (Lipinski definition) is 1. The van der Waals surface area contributed by atoms with Gasteiger partial charge < -0.3 is 15.4 Å². The van der Waals surface area contributed by atoms with Crippen molar-refractivity contribution in [1.29, 1.82) is 0 Å². The van der Waals surface area contributed by atoms with Gasteiger partial charge in [0.25, 0.3) is 0 Å². The molecule has 4 nitrogen and oxygen atoms in total. The van der Waals surface area contributed by atoms with Crippen LogP contribution in [0.15, 0.2) is 0 Å². The Hall–Kier alpha value is -0.610. The fraction of sp³-hybridized carbons (Fsp3) is 0.900. The van der Waals surface area contributed by atoms with Crippen LogP contribution in [0.25, 0.3) is 0 Å². The van der Waals surface area contributed by atoms with E-state index in [0.29, 0.717) is 6.61 Å². The van der Waals surface area contributed by atoms with Gasteiger partial charge in [-0.15, -0.1) is 0 Å². The van der Waals surface area contributed by atoms with Crippen LogP contribution in [0.1, 0.15) is 20.8 Å². The van der Waals surface area contributed by atoms with E-state index >= 15 is 0 Å². The summed E-state index contributed by atoms with van der Waals surface area (Å²) < 4.78 is 4.98. The molecule has 0 aliphatic heterocycles. The van der Waals surface area contributed by atoms with E-state index in [1.165, 1.54) is 0 Å². The summed E-state index contributed by atoms with van der Waals surface area (Å²) in [5, 5.41) is 0. The third-order valence-electron chi connectivity index (χ3n) is 2.42. The molecule has 0 aromatic carbocycles. The van der Waals surface area contributed by atoms with Crippen LogP contribution in [0, 0.1) is 5.92 Å². The van der Waals surface area contributed by atoms with Crippen molar-refractivity contribution in [3.05, 3.63) is 0 Å². The van der Waals surface area contributed by atoms with Crippen molar-refractivity contribution in [2.75, 3.05) is 20.8 Å². The van der Waals surface area contributed by atoms with Gasteiger partial charge in [0.2, 0.25) is 5.91 Å². The van der Waals surface area contributed by atoms with Gasteiger partial charge in [0, 0.05) is 14.2 Å². The molecule has 0 aliphatic rings. The average Bonchev–Trinajstić information content (AvgIpc) is 2.14. The molecule has 1 amide bonds. The zero-order valence-corrected chi connectivity index (χ0v) is 9.78. The molecule has 0 fully saturated rings. The topological polar surface area (TPSA) is 55.6 Å². The fourth-order valence-corrected chi connectivity index (χ4v) is 1.09. The average molecular weight is 202 g/mol. The lowest BCUT2D eigenvalue weighted by Gasteiger charge is -2.28. The fourth-order valence-electron chi connectivity index (χ4n) is 1.09. The Kier molecular flexibility index (Phi) is 5.72. The van der Waals surface area contributed by atoms with Gasteiger partial charge in [-0.3, -0.25) is 4.79 Å². The summed E-state index contributed by atoms with van der Waals surface area (Å²) in [5.74, 6) is 0.143. The van der Waals surface area contributed by atoms with E-state index in [0.717, 1.165) is 0 Å². The Balaban J connectivity index is 4.23. The largest absolute Gasteiger partial charge is 0.383 e. The summed E-state index contributed by atoms with van der Waals surface area (Å²) in [7, 11) is 3.38. The molecule has 0 radical (unpaired) electrons. The molecular formula is C10H22N2O2. The molecule has 84 valence electrons. The lowest BCUT2D eigenvalue weighted by Crippen LogP contribution is -2.49. The predicted molar refractivity (Wildman–Crippen MR) is 56.9 cm³/mol.